The van der Waals surface area contributed by atoms with E-state index in [1.54, 1.807) is 19.1 Å². The Morgan fingerprint density at radius 2 is 1.69 bits per heavy atom. The number of likely N-dealkylation sites (N-methyl/N-ethyl adjacent to an activating group) is 1. The third kappa shape index (κ3) is 6.60. The Hall–Kier alpha value is -4.88. The van der Waals surface area contributed by atoms with Crippen LogP contribution < -0.4 is 24.8 Å². The average molecular weight is 661 g/mol. The second-order valence-corrected chi connectivity index (χ2v) is 12.3. The molecule has 1 saturated carbocycles. The topological polar surface area (TPSA) is 123 Å². The fourth-order valence-corrected chi connectivity index (χ4v) is 6.10. The minimum absolute atomic E-state index is 0.0810. The molecule has 2 N–H and O–H groups in total. The molecule has 252 valence electrons. The third-order valence-corrected chi connectivity index (χ3v) is 9.16. The van der Waals surface area contributed by atoms with Crippen molar-refractivity contribution in [2.24, 2.45) is 17.1 Å². The molecule has 2 atom stereocenters. The van der Waals surface area contributed by atoms with Gasteiger partial charge in [-0.3, -0.25) is 14.5 Å². The molecule has 2 heterocycles. The zero-order valence-corrected chi connectivity index (χ0v) is 27.1. The highest BCUT2D eigenvalue weighted by atomic mass is 19.1. The first-order chi connectivity index (χ1) is 23.1. The van der Waals surface area contributed by atoms with E-state index in [1.807, 2.05) is 0 Å². The van der Waals surface area contributed by atoms with Gasteiger partial charge in [-0.25, -0.2) is 18.7 Å². The molecule has 0 radical (unpaired) electrons. The Balaban J connectivity index is 1.22. The summed E-state index contributed by atoms with van der Waals surface area (Å²) in [5.74, 6) is -2.12. The van der Waals surface area contributed by atoms with E-state index in [4.69, 9.17) is 19.9 Å². The molecule has 1 saturated heterocycles. The van der Waals surface area contributed by atoms with Crippen molar-refractivity contribution < 1.29 is 32.6 Å². The smallest absolute Gasteiger partial charge is 0.247 e. The number of carbonyl (C=O) groups is 2. The number of benzene rings is 3. The van der Waals surface area contributed by atoms with E-state index in [-0.39, 0.29) is 35.3 Å². The molecule has 48 heavy (non-hydrogen) atoms. The Morgan fingerprint density at radius 3 is 2.33 bits per heavy atom. The SMILES string of the molecule is COc1cc2c(Oc3ccc(N(C(=O)[C@]4(C(N)=O)C[C@H]4C)c4ccc(F)cc4)cc3F)ncnc2cc1OCCCN1CCN(C)CC1. The van der Waals surface area contributed by atoms with Crippen molar-refractivity contribution in [3.05, 3.63) is 72.6 Å². The summed E-state index contributed by atoms with van der Waals surface area (Å²) in [6.45, 7) is 7.38. The molecule has 4 aromatic rings. The zero-order valence-electron chi connectivity index (χ0n) is 27.1. The van der Waals surface area contributed by atoms with Gasteiger partial charge in [0.25, 0.3) is 0 Å². The van der Waals surface area contributed by atoms with E-state index >= 15 is 4.39 Å². The molecule has 1 aliphatic carbocycles. The van der Waals surface area contributed by atoms with Crippen molar-refractivity contribution in [2.75, 3.05) is 58.4 Å². The van der Waals surface area contributed by atoms with Crippen molar-refractivity contribution in [3.8, 4) is 23.1 Å². The summed E-state index contributed by atoms with van der Waals surface area (Å²) >= 11 is 0. The van der Waals surface area contributed by atoms with Crippen LogP contribution >= 0.6 is 0 Å². The number of hydrogen-bond donors (Lipinski definition) is 1. The minimum Gasteiger partial charge on any atom is -0.493 e. The fourth-order valence-electron chi connectivity index (χ4n) is 6.10. The summed E-state index contributed by atoms with van der Waals surface area (Å²) in [5.41, 5.74) is 5.08. The van der Waals surface area contributed by atoms with E-state index in [0.717, 1.165) is 45.2 Å². The van der Waals surface area contributed by atoms with E-state index < -0.39 is 28.9 Å². The number of ether oxygens (including phenoxy) is 3. The molecular formula is C35H38F2N6O5. The molecule has 2 amide bonds. The largest absolute Gasteiger partial charge is 0.493 e. The lowest BCUT2D eigenvalue weighted by Crippen LogP contribution is -2.44. The molecule has 1 aliphatic heterocycles. The van der Waals surface area contributed by atoms with Crippen molar-refractivity contribution >= 4 is 34.1 Å². The van der Waals surface area contributed by atoms with Crippen LogP contribution in [-0.4, -0.2) is 85.1 Å². The quantitative estimate of drug-likeness (QED) is 0.167. The summed E-state index contributed by atoms with van der Waals surface area (Å²) in [6, 6.07) is 12.5. The van der Waals surface area contributed by atoms with Gasteiger partial charge >= 0.3 is 0 Å². The molecule has 0 spiro atoms. The van der Waals surface area contributed by atoms with Crippen LogP contribution in [0.1, 0.15) is 19.8 Å². The molecule has 0 bridgehead atoms. The number of hydrogen-bond acceptors (Lipinski definition) is 9. The number of nitrogens with two attached hydrogens (primary N) is 1. The summed E-state index contributed by atoms with van der Waals surface area (Å²) in [5, 5.41) is 0.469. The number of piperazine rings is 1. The van der Waals surface area contributed by atoms with Crippen LogP contribution in [-0.2, 0) is 9.59 Å². The van der Waals surface area contributed by atoms with Gasteiger partial charge in [-0.1, -0.05) is 6.92 Å². The van der Waals surface area contributed by atoms with E-state index in [2.05, 4.69) is 26.8 Å². The van der Waals surface area contributed by atoms with Crippen LogP contribution in [0, 0.1) is 23.0 Å². The zero-order chi connectivity index (χ0) is 34.0. The van der Waals surface area contributed by atoms with Crippen molar-refractivity contribution in [1.29, 1.82) is 0 Å². The monoisotopic (exact) mass is 660 g/mol. The molecule has 2 fully saturated rings. The second-order valence-electron chi connectivity index (χ2n) is 12.3. The lowest BCUT2D eigenvalue weighted by atomic mass is 10.00. The van der Waals surface area contributed by atoms with E-state index in [0.29, 0.717) is 29.0 Å². The van der Waals surface area contributed by atoms with Crippen LogP contribution in [0.2, 0.25) is 0 Å². The number of primary amides is 1. The van der Waals surface area contributed by atoms with Gasteiger partial charge in [-0.2, -0.15) is 0 Å². The summed E-state index contributed by atoms with van der Waals surface area (Å²) in [7, 11) is 3.66. The Bertz CT molecular complexity index is 1820. The standard InChI is InChI=1S/C35H38F2N6O5/c1-22-20-35(22,33(38)44)34(45)43(24-7-5-23(36)6-8-24)25-9-10-29(27(37)17-25)48-32-26-18-30(46-3)31(19-28(26)39-21-40-32)47-16-4-11-42-14-12-41(2)13-15-42/h5-10,17-19,21-22H,4,11-16,20H2,1-3H3,(H2,38,44)/t22-,35-/m1/s1. The maximum atomic E-state index is 15.7. The molecule has 0 unspecified atom stereocenters. The highest BCUT2D eigenvalue weighted by molar-refractivity contribution is 6.17. The van der Waals surface area contributed by atoms with Crippen LogP contribution in [0.15, 0.2) is 60.9 Å². The average Bonchev–Trinajstić information content (AvgIpc) is 3.78. The Labute approximate surface area is 277 Å². The number of methoxy groups -OCH3 is 1. The first kappa shape index (κ1) is 33.0. The third-order valence-electron chi connectivity index (χ3n) is 9.16. The predicted octanol–water partition coefficient (Wildman–Crippen LogP) is 4.90. The summed E-state index contributed by atoms with van der Waals surface area (Å²) < 4.78 is 47.1. The first-order valence-corrected chi connectivity index (χ1v) is 15.8. The van der Waals surface area contributed by atoms with Gasteiger partial charge in [-0.15, -0.1) is 0 Å². The van der Waals surface area contributed by atoms with Crippen molar-refractivity contribution in [1.82, 2.24) is 19.8 Å². The Morgan fingerprint density at radius 1 is 0.979 bits per heavy atom. The molecule has 13 heteroatoms. The highest BCUT2D eigenvalue weighted by Gasteiger charge is 2.64. The van der Waals surface area contributed by atoms with Gasteiger partial charge in [0, 0.05) is 50.5 Å². The number of halogens is 2. The normalized spacial score (nSPS) is 19.6. The van der Waals surface area contributed by atoms with Gasteiger partial charge in [0.2, 0.25) is 17.7 Å². The number of fused-ring (bicyclic) bond motifs is 1. The van der Waals surface area contributed by atoms with Crippen molar-refractivity contribution in [3.63, 3.8) is 0 Å². The predicted molar refractivity (Wildman–Crippen MR) is 176 cm³/mol. The van der Waals surface area contributed by atoms with E-state index in [9.17, 15) is 14.0 Å². The summed E-state index contributed by atoms with van der Waals surface area (Å²) in [4.78, 5) is 40.7. The number of nitrogens with zero attached hydrogens (tertiary/aromatic N) is 5. The number of anilines is 2. The lowest BCUT2D eigenvalue weighted by Gasteiger charge is -2.32. The number of aromatic nitrogens is 2. The number of carbonyl (C=O) groups excluding carboxylic acids is 2. The molecule has 1 aromatic heterocycles. The number of amides is 2. The van der Waals surface area contributed by atoms with Gasteiger partial charge in [0.05, 0.1) is 30.3 Å². The maximum absolute atomic E-state index is 15.7. The molecule has 11 nitrogen and oxygen atoms in total. The van der Waals surface area contributed by atoms with Crippen LogP contribution in [0.25, 0.3) is 10.9 Å². The van der Waals surface area contributed by atoms with Crippen LogP contribution in [0.4, 0.5) is 20.2 Å². The van der Waals surface area contributed by atoms with Crippen LogP contribution in [0.3, 0.4) is 0 Å². The van der Waals surface area contributed by atoms with Crippen LogP contribution in [0.5, 0.6) is 23.1 Å². The molecule has 2 aliphatic rings. The first-order valence-electron chi connectivity index (χ1n) is 15.8. The molecule has 3 aromatic carbocycles. The minimum atomic E-state index is -1.44. The van der Waals surface area contributed by atoms with Crippen molar-refractivity contribution in [2.45, 2.75) is 19.8 Å². The Kier molecular flexibility index (Phi) is 9.42. The summed E-state index contributed by atoms with van der Waals surface area (Å²) in [6.07, 6.45) is 2.42. The van der Waals surface area contributed by atoms with Gasteiger partial charge in [-0.05, 0) is 68.3 Å². The lowest BCUT2D eigenvalue weighted by molar-refractivity contribution is -0.134. The number of rotatable bonds is 12. The highest BCUT2D eigenvalue weighted by Crippen LogP contribution is 2.54. The van der Waals surface area contributed by atoms with Gasteiger partial charge in [0.1, 0.15) is 17.6 Å². The van der Waals surface area contributed by atoms with E-state index in [1.165, 1.54) is 54.7 Å². The van der Waals surface area contributed by atoms with Gasteiger partial charge in [0.15, 0.2) is 23.1 Å². The molecular weight excluding hydrogens is 622 g/mol. The fraction of sp³-hybridized carbons (Fsp3) is 0.371. The molecule has 6 rings (SSSR count). The maximum Gasteiger partial charge on any atom is 0.247 e. The second kappa shape index (κ2) is 13.7. The van der Waals surface area contributed by atoms with Gasteiger partial charge < -0.3 is 29.7 Å².